The normalized spacial score (nSPS) is 20.3. The Morgan fingerprint density at radius 1 is 1.20 bits per heavy atom. The van der Waals surface area contributed by atoms with Crippen LogP contribution in [0.5, 0.6) is 5.75 Å². The summed E-state index contributed by atoms with van der Waals surface area (Å²) in [5.74, 6) is 2.28. The first kappa shape index (κ1) is 17.5. The number of carbonyl (C=O) groups is 1. The number of hydrogen-bond donors (Lipinski definition) is 1. The molecule has 5 nitrogen and oxygen atoms in total. The van der Waals surface area contributed by atoms with E-state index in [-0.39, 0.29) is 5.91 Å². The molecule has 1 N–H and O–H groups in total. The molecule has 5 heteroatoms. The SMILES string of the molecule is Cc1noc(C)c1COc1ccc(C(=O)NC2CCC(C)CC2)cc1. The van der Waals surface area contributed by atoms with Crippen molar-refractivity contribution in [3.63, 3.8) is 0 Å². The monoisotopic (exact) mass is 342 g/mol. The highest BCUT2D eigenvalue weighted by molar-refractivity contribution is 5.94. The fourth-order valence-corrected chi connectivity index (χ4v) is 3.24. The second-order valence-electron chi connectivity index (χ2n) is 7.05. The predicted octanol–water partition coefficient (Wildman–Crippen LogP) is 4.18. The van der Waals surface area contributed by atoms with E-state index in [2.05, 4.69) is 17.4 Å². The van der Waals surface area contributed by atoms with Gasteiger partial charge in [-0.15, -0.1) is 0 Å². The highest BCUT2D eigenvalue weighted by Gasteiger charge is 2.20. The van der Waals surface area contributed by atoms with Crippen LogP contribution in [0.2, 0.25) is 0 Å². The predicted molar refractivity (Wildman–Crippen MR) is 95.6 cm³/mol. The van der Waals surface area contributed by atoms with Gasteiger partial charge in [0.25, 0.3) is 5.91 Å². The Kier molecular flexibility index (Phi) is 5.41. The number of nitrogens with zero attached hydrogens (tertiary/aromatic N) is 1. The molecule has 0 unspecified atom stereocenters. The van der Waals surface area contributed by atoms with E-state index < -0.39 is 0 Å². The van der Waals surface area contributed by atoms with Crippen molar-refractivity contribution in [1.82, 2.24) is 10.5 Å². The van der Waals surface area contributed by atoms with Gasteiger partial charge in [-0.05, 0) is 69.7 Å². The van der Waals surface area contributed by atoms with Gasteiger partial charge in [-0.3, -0.25) is 4.79 Å². The molecule has 1 heterocycles. The molecule has 1 aromatic heterocycles. The molecule has 0 spiro atoms. The van der Waals surface area contributed by atoms with Crippen LogP contribution in [0.4, 0.5) is 0 Å². The standard InChI is InChI=1S/C20H26N2O3/c1-13-4-8-17(9-5-13)21-20(23)16-6-10-18(11-7-16)24-12-19-14(2)22-25-15(19)3/h6-7,10-11,13,17H,4-5,8-9,12H2,1-3H3,(H,21,23). The molecule has 0 saturated heterocycles. The van der Waals surface area contributed by atoms with Crippen LogP contribution in [0.15, 0.2) is 28.8 Å². The summed E-state index contributed by atoms with van der Waals surface area (Å²) >= 11 is 0. The van der Waals surface area contributed by atoms with Crippen LogP contribution in [-0.4, -0.2) is 17.1 Å². The fraction of sp³-hybridized carbons (Fsp3) is 0.500. The zero-order valence-electron chi connectivity index (χ0n) is 15.2. The lowest BCUT2D eigenvalue weighted by Crippen LogP contribution is -2.37. The van der Waals surface area contributed by atoms with Crippen molar-refractivity contribution < 1.29 is 14.1 Å². The summed E-state index contributed by atoms with van der Waals surface area (Å²) in [6, 6.07) is 7.58. The Morgan fingerprint density at radius 3 is 2.48 bits per heavy atom. The molecule has 1 aliphatic rings. The van der Waals surface area contributed by atoms with E-state index in [0.29, 0.717) is 18.2 Å². The number of nitrogens with one attached hydrogen (secondary N) is 1. The number of amides is 1. The summed E-state index contributed by atoms with van der Waals surface area (Å²) in [5.41, 5.74) is 2.48. The van der Waals surface area contributed by atoms with Gasteiger partial charge < -0.3 is 14.6 Å². The zero-order valence-corrected chi connectivity index (χ0v) is 15.2. The van der Waals surface area contributed by atoms with Crippen molar-refractivity contribution in [3.8, 4) is 5.75 Å². The highest BCUT2D eigenvalue weighted by atomic mass is 16.5. The molecule has 1 saturated carbocycles. The molecular formula is C20H26N2O3. The Bertz CT molecular complexity index is 694. The van der Waals surface area contributed by atoms with Crippen molar-refractivity contribution in [2.75, 3.05) is 0 Å². The largest absolute Gasteiger partial charge is 0.489 e. The molecule has 1 aromatic carbocycles. The minimum atomic E-state index is -0.00294. The van der Waals surface area contributed by atoms with Crippen molar-refractivity contribution in [1.29, 1.82) is 0 Å². The first-order valence-corrected chi connectivity index (χ1v) is 8.98. The summed E-state index contributed by atoms with van der Waals surface area (Å²) in [7, 11) is 0. The van der Waals surface area contributed by atoms with Crippen molar-refractivity contribution >= 4 is 5.91 Å². The van der Waals surface area contributed by atoms with Gasteiger partial charge in [-0.2, -0.15) is 0 Å². The number of ether oxygens (including phenoxy) is 1. The number of hydrogen-bond acceptors (Lipinski definition) is 4. The molecule has 0 radical (unpaired) electrons. The van der Waals surface area contributed by atoms with Gasteiger partial charge >= 0.3 is 0 Å². The first-order valence-electron chi connectivity index (χ1n) is 8.98. The Hall–Kier alpha value is -2.30. The smallest absolute Gasteiger partial charge is 0.251 e. The van der Waals surface area contributed by atoms with E-state index in [1.54, 1.807) is 0 Å². The molecule has 3 rings (SSSR count). The van der Waals surface area contributed by atoms with Gasteiger partial charge in [-0.1, -0.05) is 12.1 Å². The lowest BCUT2D eigenvalue weighted by Gasteiger charge is -2.26. The second kappa shape index (κ2) is 7.72. The van der Waals surface area contributed by atoms with Crippen LogP contribution in [0.25, 0.3) is 0 Å². The van der Waals surface area contributed by atoms with E-state index >= 15 is 0 Å². The Balaban J connectivity index is 1.54. The van der Waals surface area contributed by atoms with Gasteiger partial charge in [0.1, 0.15) is 18.1 Å². The van der Waals surface area contributed by atoms with Gasteiger partial charge in [0.15, 0.2) is 0 Å². The lowest BCUT2D eigenvalue weighted by molar-refractivity contribution is 0.0923. The van der Waals surface area contributed by atoms with Crippen LogP contribution < -0.4 is 10.1 Å². The maximum atomic E-state index is 12.4. The van der Waals surface area contributed by atoms with Crippen LogP contribution in [0.1, 0.15) is 60.0 Å². The van der Waals surface area contributed by atoms with Crippen LogP contribution in [0.3, 0.4) is 0 Å². The number of aromatic nitrogens is 1. The average Bonchev–Trinajstić information content (AvgIpc) is 2.93. The van der Waals surface area contributed by atoms with Gasteiger partial charge in [0.05, 0.1) is 11.3 Å². The zero-order chi connectivity index (χ0) is 17.8. The average molecular weight is 342 g/mol. The Labute approximate surface area is 148 Å². The molecule has 0 bridgehead atoms. The third kappa shape index (κ3) is 4.41. The topological polar surface area (TPSA) is 64.4 Å². The van der Waals surface area contributed by atoms with E-state index in [1.165, 1.54) is 12.8 Å². The van der Waals surface area contributed by atoms with Crippen LogP contribution >= 0.6 is 0 Å². The maximum Gasteiger partial charge on any atom is 0.251 e. The van der Waals surface area contributed by atoms with E-state index in [9.17, 15) is 4.79 Å². The molecule has 2 aromatic rings. The molecule has 0 aliphatic heterocycles. The van der Waals surface area contributed by atoms with Crippen molar-refractivity contribution in [2.45, 2.75) is 59.1 Å². The van der Waals surface area contributed by atoms with E-state index in [4.69, 9.17) is 9.26 Å². The first-order chi connectivity index (χ1) is 12.0. The molecule has 1 amide bonds. The molecule has 0 atom stereocenters. The summed E-state index contributed by atoms with van der Waals surface area (Å²) < 4.78 is 10.9. The minimum absolute atomic E-state index is 0.00294. The lowest BCUT2D eigenvalue weighted by atomic mass is 9.87. The third-order valence-corrected chi connectivity index (χ3v) is 5.03. The number of aryl methyl sites for hydroxylation is 2. The van der Waals surface area contributed by atoms with Crippen LogP contribution in [-0.2, 0) is 6.61 Å². The number of benzene rings is 1. The summed E-state index contributed by atoms with van der Waals surface area (Å²) in [6.07, 6.45) is 4.54. The molecule has 1 fully saturated rings. The third-order valence-electron chi connectivity index (χ3n) is 5.03. The van der Waals surface area contributed by atoms with E-state index in [1.807, 2.05) is 38.1 Å². The molecule has 1 aliphatic carbocycles. The quantitative estimate of drug-likeness (QED) is 0.885. The Morgan fingerprint density at radius 2 is 1.88 bits per heavy atom. The van der Waals surface area contributed by atoms with Gasteiger partial charge in [-0.25, -0.2) is 0 Å². The van der Waals surface area contributed by atoms with Crippen molar-refractivity contribution in [2.24, 2.45) is 5.92 Å². The van der Waals surface area contributed by atoms with Gasteiger partial charge in [0.2, 0.25) is 0 Å². The molecule has 25 heavy (non-hydrogen) atoms. The summed E-state index contributed by atoms with van der Waals surface area (Å²) in [5, 5.41) is 7.06. The minimum Gasteiger partial charge on any atom is -0.489 e. The van der Waals surface area contributed by atoms with Crippen molar-refractivity contribution in [3.05, 3.63) is 46.8 Å². The maximum absolute atomic E-state index is 12.4. The molecule has 134 valence electrons. The number of carbonyl (C=O) groups excluding carboxylic acids is 1. The van der Waals surface area contributed by atoms with Gasteiger partial charge in [0, 0.05) is 11.6 Å². The summed E-state index contributed by atoms with van der Waals surface area (Å²) in [6.45, 7) is 6.46. The highest BCUT2D eigenvalue weighted by Crippen LogP contribution is 2.24. The summed E-state index contributed by atoms with van der Waals surface area (Å²) in [4.78, 5) is 12.4. The fourth-order valence-electron chi connectivity index (χ4n) is 3.24. The molecular weight excluding hydrogens is 316 g/mol. The number of rotatable bonds is 5. The van der Waals surface area contributed by atoms with Crippen LogP contribution in [0, 0.1) is 19.8 Å². The second-order valence-corrected chi connectivity index (χ2v) is 7.05. The van der Waals surface area contributed by atoms with E-state index in [0.717, 1.165) is 41.5 Å².